The van der Waals surface area contributed by atoms with E-state index in [2.05, 4.69) is 4.18 Å². The van der Waals surface area contributed by atoms with Crippen molar-refractivity contribution in [3.8, 4) is 0 Å². The molecule has 0 aromatic rings. The summed E-state index contributed by atoms with van der Waals surface area (Å²) >= 11 is 0. The molecule has 98 valence electrons. The van der Waals surface area contributed by atoms with E-state index < -0.39 is 34.4 Å². The summed E-state index contributed by atoms with van der Waals surface area (Å²) in [4.78, 5) is 0. The molecule has 0 bridgehead atoms. The van der Waals surface area contributed by atoms with Gasteiger partial charge in [-0.05, 0) is 6.42 Å². The highest BCUT2D eigenvalue weighted by atomic mass is 32.2. The monoisotopic (exact) mass is 270 g/mol. The van der Waals surface area contributed by atoms with E-state index in [1.165, 1.54) is 0 Å². The maximum Gasteiger partial charge on any atom is 0.453 e. The Hall–Kier alpha value is -0.440. The number of halogens is 5. The topological polar surface area (TPSA) is 43.4 Å². The second kappa shape index (κ2) is 5.26. The molecule has 0 aromatic heterocycles. The highest BCUT2D eigenvalue weighted by Gasteiger charge is 2.57. The standard InChI is InChI=1S/C7H11F5O3S/c1-2-4-15-16(13,14)5-3-6(8,9)7(10,11)12/h2-5H2,1H3. The quantitative estimate of drug-likeness (QED) is 0.549. The van der Waals surface area contributed by atoms with Gasteiger partial charge < -0.3 is 0 Å². The predicted octanol–water partition coefficient (Wildman–Crippen LogP) is 2.33. The van der Waals surface area contributed by atoms with Crippen LogP contribution in [0.15, 0.2) is 0 Å². The van der Waals surface area contributed by atoms with Crippen LogP contribution in [0.25, 0.3) is 0 Å². The molecule has 0 amide bonds. The van der Waals surface area contributed by atoms with E-state index in [0.717, 1.165) is 0 Å². The molecule has 0 spiro atoms. The van der Waals surface area contributed by atoms with E-state index in [4.69, 9.17) is 0 Å². The van der Waals surface area contributed by atoms with Crippen molar-refractivity contribution in [2.45, 2.75) is 31.9 Å². The Morgan fingerprint density at radius 2 is 1.62 bits per heavy atom. The highest BCUT2D eigenvalue weighted by Crippen LogP contribution is 2.38. The van der Waals surface area contributed by atoms with Gasteiger partial charge in [0.1, 0.15) is 0 Å². The average Bonchev–Trinajstić information content (AvgIpc) is 2.10. The van der Waals surface area contributed by atoms with Gasteiger partial charge in [-0.2, -0.15) is 30.4 Å². The summed E-state index contributed by atoms with van der Waals surface area (Å²) in [6.45, 7) is 1.33. The number of alkyl halides is 5. The molecular formula is C7H11F5O3S. The van der Waals surface area contributed by atoms with Crippen LogP contribution in [0.3, 0.4) is 0 Å². The summed E-state index contributed by atoms with van der Waals surface area (Å²) in [6, 6.07) is 0. The van der Waals surface area contributed by atoms with Crippen LogP contribution < -0.4 is 0 Å². The summed E-state index contributed by atoms with van der Waals surface area (Å²) in [5.41, 5.74) is 0. The molecule has 0 heterocycles. The summed E-state index contributed by atoms with van der Waals surface area (Å²) in [7, 11) is -4.32. The predicted molar refractivity (Wildman–Crippen MR) is 45.6 cm³/mol. The lowest BCUT2D eigenvalue weighted by molar-refractivity contribution is -0.282. The van der Waals surface area contributed by atoms with Crippen molar-refractivity contribution in [1.29, 1.82) is 0 Å². The average molecular weight is 270 g/mol. The van der Waals surface area contributed by atoms with Crippen LogP contribution in [-0.4, -0.2) is 32.9 Å². The number of hydrogen-bond donors (Lipinski definition) is 0. The van der Waals surface area contributed by atoms with Crippen molar-refractivity contribution in [2.24, 2.45) is 0 Å². The van der Waals surface area contributed by atoms with Crippen LogP contribution >= 0.6 is 0 Å². The Morgan fingerprint density at radius 1 is 1.12 bits per heavy atom. The zero-order valence-corrected chi connectivity index (χ0v) is 9.17. The lowest BCUT2D eigenvalue weighted by Gasteiger charge is -2.18. The Bertz CT molecular complexity index is 308. The Morgan fingerprint density at radius 3 is 2.00 bits per heavy atom. The molecule has 16 heavy (non-hydrogen) atoms. The third kappa shape index (κ3) is 5.06. The van der Waals surface area contributed by atoms with E-state index in [9.17, 15) is 30.4 Å². The van der Waals surface area contributed by atoms with E-state index in [-0.39, 0.29) is 6.61 Å². The first-order valence-electron chi connectivity index (χ1n) is 4.33. The Kier molecular flexibility index (Phi) is 5.12. The summed E-state index contributed by atoms with van der Waals surface area (Å²) in [5.74, 6) is -6.38. The maximum absolute atomic E-state index is 12.3. The molecule has 0 saturated carbocycles. The largest absolute Gasteiger partial charge is 0.453 e. The van der Waals surface area contributed by atoms with Gasteiger partial charge in [0.25, 0.3) is 10.1 Å². The Balaban J connectivity index is 4.35. The minimum Gasteiger partial charge on any atom is -0.270 e. The maximum atomic E-state index is 12.3. The summed E-state index contributed by atoms with van der Waals surface area (Å²) < 4.78 is 85.5. The molecule has 0 aromatic carbocycles. The van der Waals surface area contributed by atoms with Crippen molar-refractivity contribution in [3.05, 3.63) is 0 Å². The van der Waals surface area contributed by atoms with Gasteiger partial charge >= 0.3 is 12.1 Å². The van der Waals surface area contributed by atoms with E-state index >= 15 is 0 Å². The Labute approximate surface area is 89.7 Å². The molecule has 0 saturated heterocycles. The lowest BCUT2D eigenvalue weighted by atomic mass is 10.2. The molecule has 3 nitrogen and oxygen atoms in total. The van der Waals surface area contributed by atoms with Gasteiger partial charge in [-0.3, -0.25) is 4.18 Å². The first-order valence-corrected chi connectivity index (χ1v) is 5.91. The third-order valence-electron chi connectivity index (χ3n) is 1.55. The molecule has 0 N–H and O–H groups in total. The molecule has 0 aliphatic heterocycles. The minimum absolute atomic E-state index is 0.236. The first kappa shape index (κ1) is 15.6. The SMILES string of the molecule is CCCOS(=O)(=O)CCC(F)(F)C(F)(F)F. The van der Waals surface area contributed by atoms with Crippen molar-refractivity contribution >= 4 is 10.1 Å². The van der Waals surface area contributed by atoms with Crippen molar-refractivity contribution < 1.29 is 34.6 Å². The fraction of sp³-hybridized carbons (Fsp3) is 1.00. The van der Waals surface area contributed by atoms with Gasteiger partial charge in [0.15, 0.2) is 0 Å². The zero-order chi connectivity index (χ0) is 13.0. The summed E-state index contributed by atoms with van der Waals surface area (Å²) in [5, 5.41) is 0. The van der Waals surface area contributed by atoms with E-state index in [1.54, 1.807) is 6.92 Å². The zero-order valence-electron chi connectivity index (χ0n) is 8.35. The van der Waals surface area contributed by atoms with Crippen molar-refractivity contribution in [2.75, 3.05) is 12.4 Å². The summed E-state index contributed by atoms with van der Waals surface area (Å²) in [6.07, 6.45) is -7.26. The smallest absolute Gasteiger partial charge is 0.270 e. The van der Waals surface area contributed by atoms with Gasteiger partial charge in [-0.25, -0.2) is 0 Å². The second-order valence-electron chi connectivity index (χ2n) is 3.04. The van der Waals surface area contributed by atoms with Gasteiger partial charge in [-0.15, -0.1) is 0 Å². The van der Waals surface area contributed by atoms with Crippen molar-refractivity contribution in [1.82, 2.24) is 0 Å². The minimum atomic E-state index is -5.74. The normalized spacial score (nSPS) is 14.1. The van der Waals surface area contributed by atoms with Crippen molar-refractivity contribution in [3.63, 3.8) is 0 Å². The lowest BCUT2D eigenvalue weighted by Crippen LogP contribution is -2.38. The van der Waals surface area contributed by atoms with Gasteiger partial charge in [0, 0.05) is 6.42 Å². The molecule has 0 aliphatic rings. The molecule has 0 radical (unpaired) electrons. The fourth-order valence-electron chi connectivity index (χ4n) is 0.664. The molecular weight excluding hydrogens is 259 g/mol. The fourth-order valence-corrected chi connectivity index (χ4v) is 1.71. The van der Waals surface area contributed by atoms with Crippen LogP contribution in [0.5, 0.6) is 0 Å². The number of rotatable bonds is 6. The molecule has 0 fully saturated rings. The third-order valence-corrected chi connectivity index (χ3v) is 2.78. The van der Waals surface area contributed by atoms with Gasteiger partial charge in [0.2, 0.25) is 0 Å². The van der Waals surface area contributed by atoms with Gasteiger partial charge in [-0.1, -0.05) is 6.92 Å². The molecule has 9 heteroatoms. The highest BCUT2D eigenvalue weighted by molar-refractivity contribution is 7.86. The van der Waals surface area contributed by atoms with E-state index in [1.807, 2.05) is 0 Å². The second-order valence-corrected chi connectivity index (χ2v) is 4.80. The van der Waals surface area contributed by atoms with Crippen LogP contribution in [0.4, 0.5) is 22.0 Å². The first-order chi connectivity index (χ1) is 7.02. The molecule has 0 rings (SSSR count). The number of hydrogen-bond acceptors (Lipinski definition) is 3. The molecule has 0 unspecified atom stereocenters. The molecule has 0 atom stereocenters. The van der Waals surface area contributed by atoms with Crippen LogP contribution in [0.1, 0.15) is 19.8 Å². The van der Waals surface area contributed by atoms with Crippen LogP contribution in [0.2, 0.25) is 0 Å². The van der Waals surface area contributed by atoms with E-state index in [0.29, 0.717) is 6.42 Å². The van der Waals surface area contributed by atoms with Crippen LogP contribution in [0, 0.1) is 0 Å². The van der Waals surface area contributed by atoms with Crippen LogP contribution in [-0.2, 0) is 14.3 Å². The van der Waals surface area contributed by atoms with Gasteiger partial charge in [0.05, 0.1) is 12.4 Å². The molecule has 0 aliphatic carbocycles.